The fraction of sp³-hybridized carbons (Fsp3) is 0.304. The average Bonchev–Trinajstić information content (AvgIpc) is 3.08. The van der Waals surface area contributed by atoms with Gasteiger partial charge in [-0.1, -0.05) is 67.6 Å². The van der Waals surface area contributed by atoms with E-state index in [9.17, 15) is 9.59 Å². The van der Waals surface area contributed by atoms with Crippen molar-refractivity contribution in [2.45, 2.75) is 32.2 Å². The van der Waals surface area contributed by atoms with Crippen molar-refractivity contribution in [1.29, 1.82) is 0 Å². The molecule has 1 heterocycles. The predicted octanol–water partition coefficient (Wildman–Crippen LogP) is 4.22. The van der Waals surface area contributed by atoms with E-state index in [2.05, 4.69) is 11.8 Å². The van der Waals surface area contributed by atoms with E-state index in [-0.39, 0.29) is 30.4 Å². The van der Waals surface area contributed by atoms with Crippen molar-refractivity contribution < 1.29 is 14.3 Å². The van der Waals surface area contributed by atoms with Crippen LogP contribution in [0.4, 0.5) is 4.79 Å². The Kier molecular flexibility index (Phi) is 5.93. The van der Waals surface area contributed by atoms with Crippen molar-refractivity contribution in [2.75, 3.05) is 6.61 Å². The first kappa shape index (κ1) is 18.7. The van der Waals surface area contributed by atoms with Gasteiger partial charge >= 0.3 is 6.09 Å². The van der Waals surface area contributed by atoms with Gasteiger partial charge in [0.2, 0.25) is 5.91 Å². The van der Waals surface area contributed by atoms with Crippen molar-refractivity contribution in [3.8, 4) is 11.8 Å². The normalized spacial score (nSPS) is 17.2. The molecule has 4 nitrogen and oxygen atoms in total. The van der Waals surface area contributed by atoms with E-state index in [4.69, 9.17) is 4.74 Å². The van der Waals surface area contributed by atoms with E-state index in [1.807, 2.05) is 60.7 Å². The summed E-state index contributed by atoms with van der Waals surface area (Å²) in [7, 11) is 0. The van der Waals surface area contributed by atoms with Crippen LogP contribution in [0.15, 0.2) is 60.7 Å². The van der Waals surface area contributed by atoms with E-state index in [0.717, 1.165) is 11.1 Å². The summed E-state index contributed by atoms with van der Waals surface area (Å²) in [4.78, 5) is 26.7. The van der Waals surface area contributed by atoms with Crippen LogP contribution in [0.5, 0.6) is 0 Å². The van der Waals surface area contributed by atoms with Crippen molar-refractivity contribution in [1.82, 2.24) is 4.90 Å². The van der Waals surface area contributed by atoms with Gasteiger partial charge in [-0.15, -0.1) is 11.8 Å². The molecule has 1 aliphatic heterocycles. The van der Waals surface area contributed by atoms with Gasteiger partial charge in [0.05, 0.1) is 6.04 Å². The lowest BCUT2D eigenvalue weighted by molar-refractivity contribution is -0.132. The molecule has 0 N–H and O–H groups in total. The van der Waals surface area contributed by atoms with Gasteiger partial charge in [0.15, 0.2) is 0 Å². The molecular formula is C23H23NO3. The maximum Gasteiger partial charge on any atom is 0.417 e. The van der Waals surface area contributed by atoms with Crippen molar-refractivity contribution in [3.63, 3.8) is 0 Å². The third kappa shape index (κ3) is 4.03. The molecule has 2 atom stereocenters. The quantitative estimate of drug-likeness (QED) is 0.749. The molecule has 4 heteroatoms. The molecule has 0 spiro atoms. The van der Waals surface area contributed by atoms with E-state index in [1.54, 1.807) is 13.8 Å². The van der Waals surface area contributed by atoms with Crippen LogP contribution in [0, 0.1) is 17.8 Å². The highest BCUT2D eigenvalue weighted by Gasteiger charge is 2.44. The third-order valence-corrected chi connectivity index (χ3v) is 4.85. The Hall–Kier alpha value is -3.06. The van der Waals surface area contributed by atoms with Gasteiger partial charge < -0.3 is 4.74 Å². The minimum absolute atomic E-state index is 0.146. The highest BCUT2D eigenvalue weighted by Crippen LogP contribution is 2.35. The number of hydrogen-bond acceptors (Lipinski definition) is 3. The number of nitrogens with zero attached hydrogens (tertiary/aromatic N) is 1. The van der Waals surface area contributed by atoms with Gasteiger partial charge in [0.1, 0.15) is 6.61 Å². The number of ether oxygens (including phenoxy) is 1. The van der Waals surface area contributed by atoms with Gasteiger partial charge in [-0.3, -0.25) is 4.79 Å². The van der Waals surface area contributed by atoms with Crippen LogP contribution in [0.1, 0.15) is 37.3 Å². The van der Waals surface area contributed by atoms with Crippen LogP contribution in [0.3, 0.4) is 0 Å². The number of benzene rings is 2. The van der Waals surface area contributed by atoms with Crippen LogP contribution in [-0.4, -0.2) is 29.5 Å². The van der Waals surface area contributed by atoms with Crippen molar-refractivity contribution in [3.05, 3.63) is 71.8 Å². The lowest BCUT2D eigenvalue weighted by atomic mass is 9.84. The summed E-state index contributed by atoms with van der Waals surface area (Å²) in [5.74, 6) is 4.99. The topological polar surface area (TPSA) is 46.6 Å². The highest BCUT2D eigenvalue weighted by atomic mass is 16.6. The van der Waals surface area contributed by atoms with Crippen molar-refractivity contribution in [2.24, 2.45) is 5.92 Å². The van der Waals surface area contributed by atoms with E-state index >= 15 is 0 Å². The Balaban J connectivity index is 1.98. The number of cyclic esters (lactones) is 1. The van der Waals surface area contributed by atoms with E-state index < -0.39 is 6.09 Å². The van der Waals surface area contributed by atoms with Gasteiger partial charge in [-0.2, -0.15) is 0 Å². The number of imide groups is 1. The Bertz CT molecular complexity index is 812. The number of carbonyl (C=O) groups excluding carboxylic acids is 2. The average molecular weight is 361 g/mol. The summed E-state index contributed by atoms with van der Waals surface area (Å²) in [5, 5.41) is 0. The first-order valence-electron chi connectivity index (χ1n) is 9.12. The second kappa shape index (κ2) is 8.55. The number of hydrogen-bond donors (Lipinski definition) is 0. The van der Waals surface area contributed by atoms with Gasteiger partial charge in [0, 0.05) is 18.3 Å². The molecule has 1 aliphatic rings. The fourth-order valence-electron chi connectivity index (χ4n) is 3.47. The predicted molar refractivity (Wildman–Crippen MR) is 104 cm³/mol. The molecule has 27 heavy (non-hydrogen) atoms. The second-order valence-electron chi connectivity index (χ2n) is 6.68. The van der Waals surface area contributed by atoms with Gasteiger partial charge in [0.25, 0.3) is 0 Å². The summed E-state index contributed by atoms with van der Waals surface area (Å²) in [6.07, 6.45) is -0.147. The fourth-order valence-corrected chi connectivity index (χ4v) is 3.47. The molecular weight excluding hydrogens is 338 g/mol. The zero-order valence-electron chi connectivity index (χ0n) is 15.6. The Morgan fingerprint density at radius 1 is 1.11 bits per heavy atom. The molecule has 0 bridgehead atoms. The Labute approximate surface area is 160 Å². The molecule has 0 saturated carbocycles. The van der Waals surface area contributed by atoms with Crippen LogP contribution in [0.25, 0.3) is 0 Å². The van der Waals surface area contributed by atoms with E-state index in [1.165, 1.54) is 4.90 Å². The number of amides is 2. The number of rotatable bonds is 5. The highest BCUT2D eigenvalue weighted by molar-refractivity contribution is 5.95. The van der Waals surface area contributed by atoms with Crippen LogP contribution in [0.2, 0.25) is 0 Å². The molecule has 1 fully saturated rings. The molecule has 3 rings (SSSR count). The first-order chi connectivity index (χ1) is 13.1. The van der Waals surface area contributed by atoms with E-state index in [0.29, 0.717) is 6.42 Å². The lowest BCUT2D eigenvalue weighted by Crippen LogP contribution is -2.45. The SMILES string of the molecule is CC#CCC(C)C(=O)N1C(=O)OCC1C(c1ccccc1)c1ccccc1. The summed E-state index contributed by atoms with van der Waals surface area (Å²) < 4.78 is 5.31. The third-order valence-electron chi connectivity index (χ3n) is 4.85. The maximum atomic E-state index is 13.0. The molecule has 0 radical (unpaired) electrons. The van der Waals surface area contributed by atoms with Crippen molar-refractivity contribution >= 4 is 12.0 Å². The Morgan fingerprint density at radius 2 is 1.67 bits per heavy atom. The van der Waals surface area contributed by atoms with Crippen LogP contribution < -0.4 is 0 Å². The molecule has 0 aliphatic carbocycles. The zero-order valence-corrected chi connectivity index (χ0v) is 15.6. The first-order valence-corrected chi connectivity index (χ1v) is 9.12. The molecule has 2 aromatic rings. The maximum absolute atomic E-state index is 13.0. The molecule has 138 valence electrons. The van der Waals surface area contributed by atoms with Gasteiger partial charge in [-0.25, -0.2) is 9.69 Å². The van der Waals surface area contributed by atoms with Gasteiger partial charge in [-0.05, 0) is 18.1 Å². The largest absolute Gasteiger partial charge is 0.447 e. The summed E-state index contributed by atoms with van der Waals surface area (Å²) in [6, 6.07) is 19.5. The molecule has 1 saturated heterocycles. The molecule has 2 amide bonds. The molecule has 2 aromatic carbocycles. The number of carbonyl (C=O) groups is 2. The summed E-state index contributed by atoms with van der Waals surface area (Å²) in [5.41, 5.74) is 2.09. The van der Waals surface area contributed by atoms with Crippen LogP contribution >= 0.6 is 0 Å². The Morgan fingerprint density at radius 3 is 2.19 bits per heavy atom. The van der Waals surface area contributed by atoms with Crippen LogP contribution in [-0.2, 0) is 9.53 Å². The lowest BCUT2D eigenvalue weighted by Gasteiger charge is -2.30. The summed E-state index contributed by atoms with van der Waals surface area (Å²) in [6.45, 7) is 3.73. The zero-order chi connectivity index (χ0) is 19.2. The monoisotopic (exact) mass is 361 g/mol. The standard InChI is InChI=1S/C23H23NO3/c1-3-4-11-17(2)22(25)24-20(16-27-23(24)26)21(18-12-7-5-8-13-18)19-14-9-6-10-15-19/h5-10,12-15,17,20-21H,11,16H2,1-2H3. The second-order valence-corrected chi connectivity index (χ2v) is 6.68. The minimum atomic E-state index is -0.571. The molecule has 0 aromatic heterocycles. The summed E-state index contributed by atoms with van der Waals surface area (Å²) >= 11 is 0. The smallest absolute Gasteiger partial charge is 0.417 e. The minimum Gasteiger partial charge on any atom is -0.447 e. The molecule has 2 unspecified atom stereocenters.